The molecule has 2 unspecified atom stereocenters. The fourth-order valence-corrected chi connectivity index (χ4v) is 2.97. The Hall–Kier alpha value is -0.780. The maximum atomic E-state index is 2.44. The van der Waals surface area contributed by atoms with Crippen LogP contribution in [0.25, 0.3) is 0 Å². The van der Waals surface area contributed by atoms with Gasteiger partial charge in [0.2, 0.25) is 0 Å². The van der Waals surface area contributed by atoms with Crippen LogP contribution in [0.3, 0.4) is 0 Å². The summed E-state index contributed by atoms with van der Waals surface area (Å²) in [6.45, 7) is 11.8. The third-order valence-corrected chi connectivity index (χ3v) is 4.74. The molecule has 1 aromatic carbocycles. The van der Waals surface area contributed by atoms with Gasteiger partial charge in [-0.2, -0.15) is 0 Å². The van der Waals surface area contributed by atoms with E-state index >= 15 is 0 Å². The molecule has 0 N–H and O–H groups in total. The van der Waals surface area contributed by atoms with Crippen LogP contribution >= 0.6 is 0 Å². The number of rotatable bonds is 3. The molecule has 1 aliphatic rings. The van der Waals surface area contributed by atoms with E-state index in [2.05, 4.69) is 58.9 Å². The largest absolute Gasteiger partial charge is 0.0594 e. The van der Waals surface area contributed by atoms with Crippen LogP contribution in [0.4, 0.5) is 0 Å². The van der Waals surface area contributed by atoms with Gasteiger partial charge >= 0.3 is 0 Å². The Morgan fingerprint density at radius 2 is 1.62 bits per heavy atom. The zero-order chi connectivity index (χ0) is 12.0. The van der Waals surface area contributed by atoms with E-state index in [1.807, 2.05) is 0 Å². The van der Waals surface area contributed by atoms with E-state index in [1.165, 1.54) is 24.0 Å². The molecular weight excluding hydrogens is 192 g/mol. The maximum Gasteiger partial charge on any atom is -0.0185 e. The molecule has 1 aliphatic carbocycles. The quantitative estimate of drug-likeness (QED) is 0.672. The standard InChI is InChI=1S/C16H24/c1-12-6-8-14(9-7-12)13(2)10-16(5)11-15(16,3)4/h6-9,13H,10-11H2,1-5H3. The fraction of sp³-hybridized carbons (Fsp3) is 0.625. The Bertz CT molecular complexity index is 372. The van der Waals surface area contributed by atoms with Crippen LogP contribution in [0, 0.1) is 17.8 Å². The third-order valence-electron chi connectivity index (χ3n) is 4.74. The molecule has 1 aromatic rings. The van der Waals surface area contributed by atoms with Gasteiger partial charge < -0.3 is 0 Å². The van der Waals surface area contributed by atoms with E-state index in [1.54, 1.807) is 0 Å². The molecular formula is C16H24. The van der Waals surface area contributed by atoms with Crippen molar-refractivity contribution in [2.75, 3.05) is 0 Å². The second kappa shape index (κ2) is 3.61. The van der Waals surface area contributed by atoms with Crippen molar-refractivity contribution in [1.82, 2.24) is 0 Å². The SMILES string of the molecule is Cc1ccc(C(C)CC2(C)CC2(C)C)cc1. The Morgan fingerprint density at radius 3 is 2.06 bits per heavy atom. The average Bonchev–Trinajstić information content (AvgIpc) is 2.65. The molecule has 1 saturated carbocycles. The molecule has 0 heterocycles. The molecule has 0 nitrogen and oxygen atoms in total. The predicted molar refractivity (Wildman–Crippen MR) is 70.7 cm³/mol. The molecule has 0 heteroatoms. The van der Waals surface area contributed by atoms with E-state index in [9.17, 15) is 0 Å². The highest BCUT2D eigenvalue weighted by atomic mass is 14.6. The van der Waals surface area contributed by atoms with Gasteiger partial charge in [0.05, 0.1) is 0 Å². The van der Waals surface area contributed by atoms with Crippen molar-refractivity contribution in [2.45, 2.75) is 53.4 Å². The van der Waals surface area contributed by atoms with Crippen LogP contribution in [0.2, 0.25) is 0 Å². The van der Waals surface area contributed by atoms with Gasteiger partial charge in [-0.25, -0.2) is 0 Å². The zero-order valence-corrected chi connectivity index (χ0v) is 11.3. The van der Waals surface area contributed by atoms with Crippen LogP contribution in [0.1, 0.15) is 57.6 Å². The Morgan fingerprint density at radius 1 is 1.12 bits per heavy atom. The minimum Gasteiger partial charge on any atom is -0.0594 e. The van der Waals surface area contributed by atoms with Crippen LogP contribution in [0.5, 0.6) is 0 Å². The first kappa shape index (κ1) is 11.7. The van der Waals surface area contributed by atoms with E-state index in [0.29, 0.717) is 16.7 Å². The number of hydrogen-bond donors (Lipinski definition) is 0. The number of aryl methyl sites for hydroxylation is 1. The predicted octanol–water partition coefficient (Wildman–Crippen LogP) is 4.92. The van der Waals surface area contributed by atoms with E-state index in [0.717, 1.165) is 0 Å². The van der Waals surface area contributed by atoms with Gasteiger partial charge in [-0.05, 0) is 42.1 Å². The van der Waals surface area contributed by atoms with Crippen molar-refractivity contribution >= 4 is 0 Å². The van der Waals surface area contributed by atoms with Crippen molar-refractivity contribution in [2.24, 2.45) is 10.8 Å². The summed E-state index contributed by atoms with van der Waals surface area (Å²) in [7, 11) is 0. The van der Waals surface area contributed by atoms with Crippen LogP contribution in [0.15, 0.2) is 24.3 Å². The fourth-order valence-electron chi connectivity index (χ4n) is 2.97. The summed E-state index contributed by atoms with van der Waals surface area (Å²) in [6.07, 6.45) is 2.71. The molecule has 2 rings (SSSR count). The third kappa shape index (κ3) is 2.03. The van der Waals surface area contributed by atoms with Gasteiger partial charge in [-0.3, -0.25) is 0 Å². The second-order valence-electron chi connectivity index (χ2n) is 6.64. The average molecular weight is 216 g/mol. The van der Waals surface area contributed by atoms with Gasteiger partial charge in [0, 0.05) is 0 Å². The first-order valence-corrected chi connectivity index (χ1v) is 6.41. The Balaban J connectivity index is 2.04. The molecule has 0 spiro atoms. The summed E-state index contributed by atoms with van der Waals surface area (Å²) in [5.74, 6) is 0.687. The maximum absolute atomic E-state index is 2.44. The highest BCUT2D eigenvalue weighted by molar-refractivity contribution is 5.25. The molecule has 0 bridgehead atoms. The summed E-state index contributed by atoms with van der Waals surface area (Å²) in [5, 5.41) is 0. The van der Waals surface area contributed by atoms with Gasteiger partial charge in [-0.1, -0.05) is 57.5 Å². The summed E-state index contributed by atoms with van der Waals surface area (Å²) >= 11 is 0. The van der Waals surface area contributed by atoms with Crippen molar-refractivity contribution in [3.05, 3.63) is 35.4 Å². The lowest BCUT2D eigenvalue weighted by molar-refractivity contribution is 0.365. The van der Waals surface area contributed by atoms with Crippen LogP contribution in [-0.4, -0.2) is 0 Å². The smallest absolute Gasteiger partial charge is 0.0185 e. The summed E-state index contributed by atoms with van der Waals surface area (Å²) < 4.78 is 0. The Labute approximate surface area is 100 Å². The Kier molecular flexibility index (Phi) is 2.64. The van der Waals surface area contributed by atoms with Gasteiger partial charge in [0.25, 0.3) is 0 Å². The van der Waals surface area contributed by atoms with Gasteiger partial charge in [-0.15, -0.1) is 0 Å². The van der Waals surface area contributed by atoms with Crippen molar-refractivity contribution in [3.8, 4) is 0 Å². The summed E-state index contributed by atoms with van der Waals surface area (Å²) in [6, 6.07) is 9.04. The number of hydrogen-bond acceptors (Lipinski definition) is 0. The minimum absolute atomic E-state index is 0.561. The highest BCUT2D eigenvalue weighted by Crippen LogP contribution is 2.66. The summed E-state index contributed by atoms with van der Waals surface area (Å²) in [4.78, 5) is 0. The monoisotopic (exact) mass is 216 g/mol. The lowest BCUT2D eigenvalue weighted by Gasteiger charge is -2.20. The molecule has 1 fully saturated rings. The summed E-state index contributed by atoms with van der Waals surface area (Å²) in [5.41, 5.74) is 3.98. The first-order chi connectivity index (χ1) is 7.34. The van der Waals surface area contributed by atoms with Crippen molar-refractivity contribution in [1.29, 1.82) is 0 Å². The number of benzene rings is 1. The molecule has 88 valence electrons. The zero-order valence-electron chi connectivity index (χ0n) is 11.3. The van der Waals surface area contributed by atoms with E-state index in [-0.39, 0.29) is 0 Å². The molecule has 0 aliphatic heterocycles. The van der Waals surface area contributed by atoms with E-state index in [4.69, 9.17) is 0 Å². The van der Waals surface area contributed by atoms with Crippen LogP contribution < -0.4 is 0 Å². The first-order valence-electron chi connectivity index (χ1n) is 6.41. The van der Waals surface area contributed by atoms with Crippen molar-refractivity contribution in [3.63, 3.8) is 0 Å². The molecule has 2 atom stereocenters. The lowest BCUT2D eigenvalue weighted by Crippen LogP contribution is -2.08. The van der Waals surface area contributed by atoms with Crippen LogP contribution in [-0.2, 0) is 0 Å². The molecule has 0 aromatic heterocycles. The van der Waals surface area contributed by atoms with E-state index < -0.39 is 0 Å². The topological polar surface area (TPSA) is 0 Å². The minimum atomic E-state index is 0.561. The lowest BCUT2D eigenvalue weighted by atomic mass is 9.85. The normalized spacial score (nSPS) is 28.8. The molecule has 16 heavy (non-hydrogen) atoms. The molecule has 0 amide bonds. The van der Waals surface area contributed by atoms with Crippen molar-refractivity contribution < 1.29 is 0 Å². The molecule has 0 saturated heterocycles. The molecule has 0 radical (unpaired) electrons. The van der Waals surface area contributed by atoms with Gasteiger partial charge in [0.15, 0.2) is 0 Å². The van der Waals surface area contributed by atoms with Gasteiger partial charge in [0.1, 0.15) is 0 Å². The highest BCUT2D eigenvalue weighted by Gasteiger charge is 2.57. The second-order valence-corrected chi connectivity index (χ2v) is 6.64.